The highest BCUT2D eigenvalue weighted by atomic mass is 19.4. The molecule has 4 rings (SSSR count). The molecule has 0 N–H and O–H groups in total. The molecule has 232 valence electrons. The second-order valence-electron chi connectivity index (χ2n) is 10.4. The van der Waals surface area contributed by atoms with Crippen LogP contribution in [0.5, 0.6) is 0 Å². The predicted octanol–water partition coefficient (Wildman–Crippen LogP) is 5.69. The van der Waals surface area contributed by atoms with E-state index in [1.54, 1.807) is 31.1 Å². The Morgan fingerprint density at radius 2 is 1.64 bits per heavy atom. The zero-order valence-corrected chi connectivity index (χ0v) is 23.4. The van der Waals surface area contributed by atoms with Crippen LogP contribution in [0.4, 0.5) is 42.8 Å². The van der Waals surface area contributed by atoms with Crippen molar-refractivity contribution in [2.24, 2.45) is 0 Å². The van der Waals surface area contributed by atoms with Gasteiger partial charge in [0.25, 0.3) is 0 Å². The first-order valence-corrected chi connectivity index (χ1v) is 13.6. The van der Waals surface area contributed by atoms with Gasteiger partial charge in [0.05, 0.1) is 55.1 Å². The highest BCUT2D eigenvalue weighted by Crippen LogP contribution is 2.37. The number of nitrogens with zero attached hydrogens (tertiary/aromatic N) is 5. The number of hydrogen-bond donors (Lipinski definition) is 0. The molecule has 0 amide bonds. The van der Waals surface area contributed by atoms with Gasteiger partial charge in [0.2, 0.25) is 5.95 Å². The Morgan fingerprint density at radius 1 is 1.05 bits per heavy atom. The van der Waals surface area contributed by atoms with E-state index in [2.05, 4.69) is 9.97 Å². The number of carbonyl (C=O) groups excluding carboxylic acids is 1. The Kier molecular flexibility index (Phi) is 9.70. The second kappa shape index (κ2) is 12.9. The highest BCUT2D eigenvalue weighted by Gasteiger charge is 2.40. The topological polar surface area (TPSA) is 80.3 Å². The fraction of sp³-hybridized carbons (Fsp3) is 0.593. The van der Waals surface area contributed by atoms with Crippen LogP contribution in [0.25, 0.3) is 0 Å². The summed E-state index contributed by atoms with van der Waals surface area (Å²) < 4.78 is 92.0. The fourth-order valence-corrected chi connectivity index (χ4v) is 5.00. The Balaban J connectivity index is 1.68. The van der Waals surface area contributed by atoms with Crippen LogP contribution in [-0.4, -0.2) is 72.2 Å². The van der Waals surface area contributed by atoms with Crippen LogP contribution in [0.15, 0.2) is 30.6 Å². The normalized spacial score (nSPS) is 20.2. The van der Waals surface area contributed by atoms with Gasteiger partial charge in [-0.25, -0.2) is 14.8 Å². The van der Waals surface area contributed by atoms with Crippen molar-refractivity contribution in [2.45, 2.75) is 70.7 Å². The van der Waals surface area contributed by atoms with Crippen LogP contribution in [0, 0.1) is 0 Å². The van der Waals surface area contributed by atoms with Gasteiger partial charge in [-0.3, -0.25) is 0 Å². The number of halogens is 6. The van der Waals surface area contributed by atoms with E-state index in [9.17, 15) is 31.1 Å². The molecule has 0 unspecified atom stereocenters. The molecule has 2 saturated heterocycles. The largest absolute Gasteiger partial charge is 0.528 e. The number of morpholine rings is 1. The third kappa shape index (κ3) is 7.94. The Labute approximate surface area is 239 Å². The molecule has 2 aliphatic rings. The molecule has 1 aromatic carbocycles. The third-order valence-corrected chi connectivity index (χ3v) is 7.04. The maximum Gasteiger partial charge on any atom is 0.528 e. The van der Waals surface area contributed by atoms with Gasteiger partial charge in [-0.2, -0.15) is 26.3 Å². The molecule has 0 spiro atoms. The number of hydroxylamine groups is 2. The summed E-state index contributed by atoms with van der Waals surface area (Å²) in [6.07, 6.45) is -7.24. The fourth-order valence-electron chi connectivity index (χ4n) is 5.00. The van der Waals surface area contributed by atoms with E-state index in [1.807, 2.05) is 11.8 Å². The molecule has 2 aliphatic heterocycles. The first-order chi connectivity index (χ1) is 19.7. The quantitative estimate of drug-likeness (QED) is 0.279. The van der Waals surface area contributed by atoms with E-state index in [1.165, 1.54) is 5.06 Å². The lowest BCUT2D eigenvalue weighted by molar-refractivity contribution is -0.143. The van der Waals surface area contributed by atoms with Crippen LogP contribution in [0.3, 0.4) is 0 Å². The van der Waals surface area contributed by atoms with Crippen molar-refractivity contribution in [1.82, 2.24) is 15.0 Å². The number of hydrogen-bond acceptors (Lipinski definition) is 9. The first-order valence-electron chi connectivity index (χ1n) is 13.6. The van der Waals surface area contributed by atoms with E-state index in [0.717, 1.165) is 0 Å². The van der Waals surface area contributed by atoms with E-state index in [-0.39, 0.29) is 36.7 Å². The van der Waals surface area contributed by atoms with E-state index in [0.29, 0.717) is 57.0 Å². The molecule has 15 heteroatoms. The number of alkyl halides is 6. The number of carbonyl (C=O) groups is 1. The van der Waals surface area contributed by atoms with Crippen molar-refractivity contribution in [3.63, 3.8) is 0 Å². The second-order valence-corrected chi connectivity index (χ2v) is 10.4. The minimum atomic E-state index is -4.99. The SMILES string of the molecule is CC[C@@H]1C[C@H](N(Cc2cc(C(F)(F)F)cc(C(F)(F)F)c2)c2ncc(N3CCOCC3)cn2)CN1OC(=O)OC(C)C. The molecule has 42 heavy (non-hydrogen) atoms. The summed E-state index contributed by atoms with van der Waals surface area (Å²) in [6, 6.07) is 0.701. The number of benzene rings is 1. The lowest BCUT2D eigenvalue weighted by Crippen LogP contribution is -2.39. The maximum atomic E-state index is 13.6. The summed E-state index contributed by atoms with van der Waals surface area (Å²) in [5.41, 5.74) is -2.32. The molecule has 0 aliphatic carbocycles. The van der Waals surface area contributed by atoms with Gasteiger partial charge >= 0.3 is 18.5 Å². The number of rotatable bonds is 8. The van der Waals surface area contributed by atoms with Crippen molar-refractivity contribution in [3.8, 4) is 0 Å². The lowest BCUT2D eigenvalue weighted by atomic mass is 10.0. The van der Waals surface area contributed by atoms with Crippen molar-refractivity contribution in [2.75, 3.05) is 42.6 Å². The van der Waals surface area contributed by atoms with Crippen molar-refractivity contribution >= 4 is 17.8 Å². The average Bonchev–Trinajstić information content (AvgIpc) is 3.33. The van der Waals surface area contributed by atoms with Gasteiger partial charge in [-0.1, -0.05) is 6.92 Å². The molecular weight excluding hydrogens is 572 g/mol. The Hall–Kier alpha value is -3.33. The van der Waals surface area contributed by atoms with Crippen molar-refractivity contribution in [1.29, 1.82) is 0 Å². The smallest absolute Gasteiger partial charge is 0.430 e. The van der Waals surface area contributed by atoms with E-state index in [4.69, 9.17) is 14.3 Å². The molecule has 2 atom stereocenters. The van der Waals surface area contributed by atoms with Crippen LogP contribution in [0.2, 0.25) is 0 Å². The molecule has 2 aromatic rings. The minimum absolute atomic E-state index is 0.0973. The zero-order valence-electron chi connectivity index (χ0n) is 23.4. The van der Waals surface area contributed by atoms with Gasteiger partial charge in [0.1, 0.15) is 0 Å². The van der Waals surface area contributed by atoms with Gasteiger partial charge in [-0.05, 0) is 50.5 Å². The van der Waals surface area contributed by atoms with Gasteiger partial charge in [-0.15, -0.1) is 5.06 Å². The highest BCUT2D eigenvalue weighted by molar-refractivity contribution is 5.59. The van der Waals surface area contributed by atoms with Gasteiger partial charge in [0.15, 0.2) is 0 Å². The van der Waals surface area contributed by atoms with Crippen molar-refractivity contribution in [3.05, 3.63) is 47.3 Å². The number of ether oxygens (including phenoxy) is 2. The Bertz CT molecular complexity index is 1170. The maximum absolute atomic E-state index is 13.6. The summed E-state index contributed by atoms with van der Waals surface area (Å²) in [6.45, 7) is 7.25. The summed E-state index contributed by atoms with van der Waals surface area (Å²) in [5.74, 6) is 0.115. The Morgan fingerprint density at radius 3 is 2.17 bits per heavy atom. The lowest BCUT2D eigenvalue weighted by Gasteiger charge is -2.31. The third-order valence-electron chi connectivity index (χ3n) is 7.04. The number of aromatic nitrogens is 2. The van der Waals surface area contributed by atoms with Crippen LogP contribution in [0.1, 0.15) is 50.3 Å². The van der Waals surface area contributed by atoms with E-state index >= 15 is 0 Å². The van der Waals surface area contributed by atoms with Gasteiger partial charge < -0.3 is 24.1 Å². The van der Waals surface area contributed by atoms with Crippen LogP contribution in [-0.2, 0) is 33.2 Å². The van der Waals surface area contributed by atoms with Gasteiger partial charge in [0, 0.05) is 31.7 Å². The molecule has 3 heterocycles. The summed E-state index contributed by atoms with van der Waals surface area (Å²) in [7, 11) is 0. The average molecular weight is 606 g/mol. The molecule has 0 saturated carbocycles. The van der Waals surface area contributed by atoms with E-state index < -0.39 is 41.8 Å². The number of anilines is 2. The monoisotopic (exact) mass is 605 g/mol. The molecule has 9 nitrogen and oxygen atoms in total. The molecule has 2 fully saturated rings. The van der Waals surface area contributed by atoms with Crippen molar-refractivity contribution < 1.29 is 45.4 Å². The first kappa shape index (κ1) is 31.6. The summed E-state index contributed by atoms with van der Waals surface area (Å²) in [5, 5.41) is 1.43. The predicted molar refractivity (Wildman–Crippen MR) is 140 cm³/mol. The summed E-state index contributed by atoms with van der Waals surface area (Å²) >= 11 is 0. The molecular formula is C27H33F6N5O4. The molecule has 0 bridgehead atoms. The summed E-state index contributed by atoms with van der Waals surface area (Å²) in [4.78, 5) is 30.1. The standard InChI is InChI=1S/C27H33F6N5O4/c1-4-21-12-22(16-38(21)42-25(39)41-17(2)3)37(24-34-13-23(14-35-24)36-5-7-40-8-6-36)15-18-9-19(26(28,29)30)11-20(10-18)27(31,32)33/h9-11,13-14,17,21-22H,4-8,12,15-16H2,1-3H3/t21-,22+/m1/s1. The zero-order chi connectivity index (χ0) is 30.7. The molecule has 0 radical (unpaired) electrons. The van der Waals surface area contributed by atoms with Crippen LogP contribution >= 0.6 is 0 Å². The molecule has 1 aromatic heterocycles. The van der Waals surface area contributed by atoms with Crippen LogP contribution < -0.4 is 9.80 Å². The minimum Gasteiger partial charge on any atom is -0.430 e.